The van der Waals surface area contributed by atoms with Gasteiger partial charge in [0, 0.05) is 15.6 Å². The molecule has 0 atom stereocenters. The molecule has 0 radical (unpaired) electrons. The number of methoxy groups -OCH3 is 1. The Morgan fingerprint density at radius 1 is 1.08 bits per heavy atom. The van der Waals surface area contributed by atoms with Gasteiger partial charge in [-0.3, -0.25) is 4.79 Å². The number of thiophene rings is 1. The Morgan fingerprint density at radius 2 is 1.81 bits per heavy atom. The number of hydrogen-bond donors (Lipinski definition) is 1. The lowest BCUT2D eigenvalue weighted by molar-refractivity contribution is -0.137. The Balaban J connectivity index is 1.99. The van der Waals surface area contributed by atoms with Gasteiger partial charge in [-0.2, -0.15) is 13.2 Å². The highest BCUT2D eigenvalue weighted by molar-refractivity contribution is 7.23. The molecule has 0 spiro atoms. The maximum atomic E-state index is 12.8. The number of nitrogens with one attached hydrogen (secondary N) is 1. The molecule has 0 saturated heterocycles. The molecule has 0 bridgehead atoms. The Bertz CT molecular complexity index is 995. The van der Waals surface area contributed by atoms with Crippen LogP contribution in [-0.2, 0) is 10.9 Å². The number of amides is 1. The molecule has 1 N–H and O–H groups in total. The maximum Gasteiger partial charge on any atom is 0.416 e. The number of carbonyl (C=O) groups is 2. The Hall–Kier alpha value is -2.87. The topological polar surface area (TPSA) is 55.4 Å². The second-order valence-corrected chi connectivity index (χ2v) is 6.38. The van der Waals surface area contributed by atoms with Crippen LogP contribution >= 0.6 is 11.3 Å². The van der Waals surface area contributed by atoms with Gasteiger partial charge in [-0.05, 0) is 24.3 Å². The molecule has 134 valence electrons. The molecular weight excluding hydrogens is 367 g/mol. The lowest BCUT2D eigenvalue weighted by atomic mass is 10.1. The fourth-order valence-corrected chi connectivity index (χ4v) is 3.54. The zero-order chi connectivity index (χ0) is 18.9. The van der Waals surface area contributed by atoms with E-state index >= 15 is 0 Å². The third-order valence-corrected chi connectivity index (χ3v) is 4.75. The van der Waals surface area contributed by atoms with E-state index in [1.807, 2.05) is 0 Å². The molecule has 0 saturated carbocycles. The van der Waals surface area contributed by atoms with Crippen molar-refractivity contribution in [3.8, 4) is 0 Å². The Kier molecular flexibility index (Phi) is 4.69. The minimum absolute atomic E-state index is 0.159. The molecule has 0 unspecified atom stereocenters. The number of alkyl halides is 3. The molecule has 3 aromatic rings. The van der Waals surface area contributed by atoms with Crippen LogP contribution in [0.2, 0.25) is 0 Å². The van der Waals surface area contributed by atoms with Crippen molar-refractivity contribution in [1.29, 1.82) is 0 Å². The standard InChI is InChI=1S/C18H12F3NO3S/c1-25-17(24)14-12-7-2-3-8-13(12)26-16(14)22-15(23)10-5-4-6-11(9-10)18(19,20)21/h2-9H,1H3,(H,22,23). The van der Waals surface area contributed by atoms with Crippen molar-refractivity contribution in [2.24, 2.45) is 0 Å². The average Bonchev–Trinajstić information content (AvgIpc) is 2.98. The number of carbonyl (C=O) groups excluding carboxylic acids is 2. The summed E-state index contributed by atoms with van der Waals surface area (Å²) in [6.45, 7) is 0. The number of ether oxygens (including phenoxy) is 1. The van der Waals surface area contributed by atoms with Gasteiger partial charge in [0.2, 0.25) is 0 Å². The van der Waals surface area contributed by atoms with Gasteiger partial charge in [0.15, 0.2) is 0 Å². The van der Waals surface area contributed by atoms with Gasteiger partial charge >= 0.3 is 12.1 Å². The van der Waals surface area contributed by atoms with E-state index in [2.05, 4.69) is 5.32 Å². The molecule has 8 heteroatoms. The monoisotopic (exact) mass is 379 g/mol. The number of fused-ring (bicyclic) bond motifs is 1. The van der Waals surface area contributed by atoms with Gasteiger partial charge < -0.3 is 10.1 Å². The summed E-state index contributed by atoms with van der Waals surface area (Å²) in [5.74, 6) is -1.38. The minimum Gasteiger partial charge on any atom is -0.465 e. The van der Waals surface area contributed by atoms with Gasteiger partial charge in [0.1, 0.15) is 10.6 Å². The van der Waals surface area contributed by atoms with Crippen LogP contribution in [0.25, 0.3) is 10.1 Å². The molecule has 1 heterocycles. The first-order valence-corrected chi connectivity index (χ1v) is 8.21. The smallest absolute Gasteiger partial charge is 0.416 e. The second kappa shape index (κ2) is 6.80. The highest BCUT2D eigenvalue weighted by atomic mass is 32.1. The van der Waals surface area contributed by atoms with E-state index in [0.717, 1.165) is 34.2 Å². The summed E-state index contributed by atoms with van der Waals surface area (Å²) in [6.07, 6.45) is -4.55. The minimum atomic E-state index is -4.55. The third-order valence-electron chi connectivity index (χ3n) is 3.66. The van der Waals surface area contributed by atoms with Crippen molar-refractivity contribution < 1.29 is 27.5 Å². The van der Waals surface area contributed by atoms with E-state index < -0.39 is 23.6 Å². The molecular formula is C18H12F3NO3S. The zero-order valence-corrected chi connectivity index (χ0v) is 14.2. The van der Waals surface area contributed by atoms with Crippen molar-refractivity contribution in [3.63, 3.8) is 0 Å². The van der Waals surface area contributed by atoms with Crippen LogP contribution in [0.3, 0.4) is 0 Å². The number of anilines is 1. The SMILES string of the molecule is COC(=O)c1c(NC(=O)c2cccc(C(F)(F)F)c2)sc2ccccc12. The number of benzene rings is 2. The van der Waals surface area contributed by atoms with Gasteiger partial charge in [0.25, 0.3) is 5.91 Å². The molecule has 0 aliphatic carbocycles. The fourth-order valence-electron chi connectivity index (χ4n) is 2.45. The number of halogens is 3. The van der Waals surface area contributed by atoms with E-state index in [1.165, 1.54) is 13.2 Å². The van der Waals surface area contributed by atoms with Crippen molar-refractivity contribution in [2.45, 2.75) is 6.18 Å². The van der Waals surface area contributed by atoms with Crippen LogP contribution in [0.5, 0.6) is 0 Å². The molecule has 4 nitrogen and oxygen atoms in total. The molecule has 1 aromatic heterocycles. The normalized spacial score (nSPS) is 11.4. The maximum absolute atomic E-state index is 12.8. The predicted molar refractivity (Wildman–Crippen MR) is 92.6 cm³/mol. The Morgan fingerprint density at radius 3 is 2.50 bits per heavy atom. The van der Waals surface area contributed by atoms with Gasteiger partial charge in [-0.25, -0.2) is 4.79 Å². The number of esters is 1. The van der Waals surface area contributed by atoms with Crippen LogP contribution in [0, 0.1) is 0 Å². The molecule has 26 heavy (non-hydrogen) atoms. The highest BCUT2D eigenvalue weighted by Crippen LogP contribution is 2.36. The van der Waals surface area contributed by atoms with Crippen LogP contribution in [0.15, 0.2) is 48.5 Å². The summed E-state index contributed by atoms with van der Waals surface area (Å²) in [6, 6.07) is 11.1. The molecule has 0 aliphatic heterocycles. The van der Waals surface area contributed by atoms with Gasteiger partial charge in [0.05, 0.1) is 12.7 Å². The summed E-state index contributed by atoms with van der Waals surface area (Å²) in [5.41, 5.74) is -0.906. The first-order chi connectivity index (χ1) is 12.3. The first-order valence-electron chi connectivity index (χ1n) is 7.39. The first kappa shape index (κ1) is 17.9. The largest absolute Gasteiger partial charge is 0.465 e. The van der Waals surface area contributed by atoms with E-state index in [9.17, 15) is 22.8 Å². The van der Waals surface area contributed by atoms with Crippen molar-refractivity contribution in [2.75, 3.05) is 12.4 Å². The summed E-state index contributed by atoms with van der Waals surface area (Å²) in [5, 5.41) is 3.34. The zero-order valence-electron chi connectivity index (χ0n) is 13.4. The molecule has 1 amide bonds. The van der Waals surface area contributed by atoms with E-state index in [-0.39, 0.29) is 16.1 Å². The third kappa shape index (κ3) is 3.41. The molecule has 3 rings (SSSR count). The van der Waals surface area contributed by atoms with Gasteiger partial charge in [-0.15, -0.1) is 11.3 Å². The lowest BCUT2D eigenvalue weighted by Gasteiger charge is -2.09. The number of rotatable bonds is 3. The van der Waals surface area contributed by atoms with Crippen LogP contribution < -0.4 is 5.32 Å². The fraction of sp³-hybridized carbons (Fsp3) is 0.111. The van der Waals surface area contributed by atoms with E-state index in [4.69, 9.17) is 4.74 Å². The molecule has 2 aromatic carbocycles. The molecule has 0 fully saturated rings. The van der Waals surface area contributed by atoms with Crippen LogP contribution in [0.1, 0.15) is 26.3 Å². The predicted octanol–water partition coefficient (Wildman–Crippen LogP) is 4.96. The van der Waals surface area contributed by atoms with Crippen molar-refractivity contribution >= 4 is 38.3 Å². The summed E-state index contributed by atoms with van der Waals surface area (Å²) in [7, 11) is 1.22. The summed E-state index contributed by atoms with van der Waals surface area (Å²) >= 11 is 1.15. The van der Waals surface area contributed by atoms with Crippen molar-refractivity contribution in [3.05, 3.63) is 65.2 Å². The van der Waals surface area contributed by atoms with Crippen molar-refractivity contribution in [1.82, 2.24) is 0 Å². The average molecular weight is 379 g/mol. The number of hydrogen-bond acceptors (Lipinski definition) is 4. The quantitative estimate of drug-likeness (QED) is 0.655. The second-order valence-electron chi connectivity index (χ2n) is 5.33. The van der Waals surface area contributed by atoms with Gasteiger partial charge in [-0.1, -0.05) is 24.3 Å². The summed E-state index contributed by atoms with van der Waals surface area (Å²) < 4.78 is 44.0. The Labute approximate surface area is 150 Å². The van der Waals surface area contributed by atoms with E-state index in [1.54, 1.807) is 24.3 Å². The van der Waals surface area contributed by atoms with Crippen LogP contribution in [0.4, 0.5) is 18.2 Å². The summed E-state index contributed by atoms with van der Waals surface area (Å²) in [4.78, 5) is 24.5. The van der Waals surface area contributed by atoms with Crippen LogP contribution in [-0.4, -0.2) is 19.0 Å². The van der Waals surface area contributed by atoms with E-state index in [0.29, 0.717) is 5.39 Å². The highest BCUT2D eigenvalue weighted by Gasteiger charge is 2.31. The molecule has 0 aliphatic rings. The lowest BCUT2D eigenvalue weighted by Crippen LogP contribution is -2.15.